The van der Waals surface area contributed by atoms with E-state index in [2.05, 4.69) is 10.1 Å². The van der Waals surface area contributed by atoms with Crippen molar-refractivity contribution >= 4 is 11.7 Å². The normalized spacial score (nSPS) is 11.1. The van der Waals surface area contributed by atoms with E-state index in [0.717, 1.165) is 0 Å². The molecule has 0 aromatic heterocycles. The number of carbonyl (C=O) groups excluding carboxylic acids is 1. The number of amides is 2. The summed E-state index contributed by atoms with van der Waals surface area (Å²) in [5.74, 6) is 0.106. The molecular weight excluding hydrogens is 289 g/mol. The first-order valence-corrected chi connectivity index (χ1v) is 6.16. The Morgan fingerprint density at radius 1 is 1.43 bits per heavy atom. The predicted molar refractivity (Wildman–Crippen MR) is 71.5 cm³/mol. The molecule has 0 atom stereocenters. The van der Waals surface area contributed by atoms with E-state index in [1.807, 2.05) is 0 Å². The number of ether oxygens (including phenoxy) is 1. The smallest absolute Gasteiger partial charge is 0.422 e. The lowest BCUT2D eigenvalue weighted by Gasteiger charge is -2.17. The lowest BCUT2D eigenvalue weighted by molar-refractivity contribution is -0.153. The summed E-state index contributed by atoms with van der Waals surface area (Å²) in [7, 11) is 1.51. The van der Waals surface area contributed by atoms with Gasteiger partial charge in [0, 0.05) is 19.3 Å². The van der Waals surface area contributed by atoms with Crippen LogP contribution in [0.15, 0.2) is 18.2 Å². The van der Waals surface area contributed by atoms with Crippen LogP contribution in [0.25, 0.3) is 0 Å². The first-order valence-electron chi connectivity index (χ1n) is 6.16. The highest BCUT2D eigenvalue weighted by Gasteiger charge is 2.28. The van der Waals surface area contributed by atoms with Gasteiger partial charge in [-0.15, -0.1) is 0 Å². The minimum absolute atomic E-state index is 0.106. The lowest BCUT2D eigenvalue weighted by Crippen LogP contribution is -2.33. The summed E-state index contributed by atoms with van der Waals surface area (Å²) in [5, 5.41) is 11.3. The van der Waals surface area contributed by atoms with Crippen LogP contribution in [-0.4, -0.2) is 49.0 Å². The van der Waals surface area contributed by atoms with Crippen LogP contribution in [0.5, 0.6) is 5.75 Å². The maximum absolute atomic E-state index is 12.1. The fourth-order valence-corrected chi connectivity index (χ4v) is 1.52. The fraction of sp³-hybridized carbons (Fsp3) is 0.462. The topological polar surface area (TPSA) is 61.8 Å². The molecule has 0 saturated heterocycles. The van der Waals surface area contributed by atoms with Gasteiger partial charge in [0.2, 0.25) is 0 Å². The highest BCUT2D eigenvalue weighted by Crippen LogP contribution is 2.24. The number of hydrogen-bond donors (Lipinski definition) is 2. The van der Waals surface area contributed by atoms with Crippen molar-refractivity contribution in [2.24, 2.45) is 0 Å². The van der Waals surface area contributed by atoms with E-state index in [1.165, 1.54) is 30.1 Å². The standard InChI is InChI=1S/C13H17F3N2O3/c1-9-7-10(17-12(20)18(2)5-6-19)3-4-11(9)21-8-13(14,15)16/h3-4,7,19H,5-6,8H2,1-2H3,(H,17,20). The molecule has 2 amide bonds. The van der Waals surface area contributed by atoms with Crippen LogP contribution < -0.4 is 10.1 Å². The van der Waals surface area contributed by atoms with Crippen LogP contribution in [0.1, 0.15) is 5.56 Å². The van der Waals surface area contributed by atoms with Gasteiger partial charge < -0.3 is 20.1 Å². The highest BCUT2D eigenvalue weighted by atomic mass is 19.4. The molecule has 0 aliphatic heterocycles. The number of carbonyl (C=O) groups is 1. The van der Waals surface area contributed by atoms with Gasteiger partial charge in [-0.3, -0.25) is 0 Å². The largest absolute Gasteiger partial charge is 0.484 e. The first kappa shape index (κ1) is 17.1. The van der Waals surface area contributed by atoms with Crippen molar-refractivity contribution in [3.8, 4) is 5.75 Å². The summed E-state index contributed by atoms with van der Waals surface area (Å²) in [6.45, 7) is 0.238. The van der Waals surface area contributed by atoms with Gasteiger partial charge >= 0.3 is 12.2 Å². The number of likely N-dealkylation sites (N-methyl/N-ethyl adjacent to an activating group) is 1. The lowest BCUT2D eigenvalue weighted by atomic mass is 10.2. The summed E-state index contributed by atoms with van der Waals surface area (Å²) in [6, 6.07) is 3.90. The van der Waals surface area contributed by atoms with Crippen molar-refractivity contribution in [1.82, 2.24) is 4.90 Å². The minimum Gasteiger partial charge on any atom is -0.484 e. The average molecular weight is 306 g/mol. The first-order chi connectivity index (χ1) is 9.73. The van der Waals surface area contributed by atoms with Crippen LogP contribution in [0.3, 0.4) is 0 Å². The Morgan fingerprint density at radius 3 is 2.62 bits per heavy atom. The molecule has 2 N–H and O–H groups in total. The molecule has 118 valence electrons. The molecule has 1 rings (SSSR count). The number of hydrogen-bond acceptors (Lipinski definition) is 3. The van der Waals surface area contributed by atoms with Crippen LogP contribution in [-0.2, 0) is 0 Å². The molecule has 21 heavy (non-hydrogen) atoms. The van der Waals surface area contributed by atoms with Gasteiger partial charge in [-0.1, -0.05) is 0 Å². The van der Waals surface area contributed by atoms with Crippen molar-refractivity contribution in [1.29, 1.82) is 0 Å². The second kappa shape index (κ2) is 7.16. The van der Waals surface area contributed by atoms with E-state index < -0.39 is 18.8 Å². The summed E-state index contributed by atoms with van der Waals surface area (Å²) in [5.41, 5.74) is 0.906. The van der Waals surface area contributed by atoms with E-state index in [9.17, 15) is 18.0 Å². The maximum Gasteiger partial charge on any atom is 0.422 e. The van der Waals surface area contributed by atoms with Crippen molar-refractivity contribution in [3.05, 3.63) is 23.8 Å². The zero-order valence-corrected chi connectivity index (χ0v) is 11.7. The predicted octanol–water partition coefficient (Wildman–Crippen LogP) is 2.39. The number of nitrogens with one attached hydrogen (secondary N) is 1. The molecule has 0 radical (unpaired) electrons. The van der Waals surface area contributed by atoms with Gasteiger partial charge in [-0.2, -0.15) is 13.2 Å². The van der Waals surface area contributed by atoms with Gasteiger partial charge in [-0.25, -0.2) is 4.79 Å². The molecular formula is C13H17F3N2O3. The number of aryl methyl sites for hydroxylation is 1. The number of alkyl halides is 3. The molecule has 0 fully saturated rings. The van der Waals surface area contributed by atoms with E-state index >= 15 is 0 Å². The van der Waals surface area contributed by atoms with E-state index in [1.54, 1.807) is 6.92 Å². The van der Waals surface area contributed by atoms with Crippen molar-refractivity contribution in [2.45, 2.75) is 13.1 Å². The maximum atomic E-state index is 12.1. The Bertz CT molecular complexity index is 492. The molecule has 0 heterocycles. The van der Waals surface area contributed by atoms with Gasteiger partial charge in [-0.05, 0) is 30.7 Å². The van der Waals surface area contributed by atoms with Gasteiger partial charge in [0.15, 0.2) is 6.61 Å². The van der Waals surface area contributed by atoms with Crippen LogP contribution in [0, 0.1) is 6.92 Å². The zero-order chi connectivity index (χ0) is 16.0. The number of anilines is 1. The second-order valence-corrected chi connectivity index (χ2v) is 4.46. The molecule has 0 aliphatic carbocycles. The number of benzene rings is 1. The van der Waals surface area contributed by atoms with E-state index in [-0.39, 0.29) is 18.9 Å². The van der Waals surface area contributed by atoms with Crippen molar-refractivity contribution in [3.63, 3.8) is 0 Å². The number of nitrogens with zero attached hydrogens (tertiary/aromatic N) is 1. The van der Waals surface area contributed by atoms with Crippen molar-refractivity contribution in [2.75, 3.05) is 32.1 Å². The summed E-state index contributed by atoms with van der Waals surface area (Å²) >= 11 is 0. The summed E-state index contributed by atoms with van der Waals surface area (Å²) in [6.07, 6.45) is -4.40. The van der Waals surface area contributed by atoms with E-state index in [4.69, 9.17) is 5.11 Å². The minimum atomic E-state index is -4.40. The van der Waals surface area contributed by atoms with Crippen LogP contribution >= 0.6 is 0 Å². The molecule has 0 bridgehead atoms. The molecule has 0 aliphatic rings. The molecule has 0 unspecified atom stereocenters. The van der Waals surface area contributed by atoms with Crippen LogP contribution in [0.4, 0.5) is 23.7 Å². The number of rotatable bonds is 5. The van der Waals surface area contributed by atoms with Gasteiger partial charge in [0.05, 0.1) is 6.61 Å². The number of urea groups is 1. The SMILES string of the molecule is Cc1cc(NC(=O)N(C)CCO)ccc1OCC(F)(F)F. The Kier molecular flexibility index (Phi) is 5.83. The number of aliphatic hydroxyl groups is 1. The van der Waals surface area contributed by atoms with Gasteiger partial charge in [0.25, 0.3) is 0 Å². The third-order valence-electron chi connectivity index (χ3n) is 2.60. The molecule has 8 heteroatoms. The fourth-order valence-electron chi connectivity index (χ4n) is 1.52. The third kappa shape index (κ3) is 5.90. The van der Waals surface area contributed by atoms with Gasteiger partial charge in [0.1, 0.15) is 5.75 Å². The van der Waals surface area contributed by atoms with E-state index in [0.29, 0.717) is 11.3 Å². The molecule has 5 nitrogen and oxygen atoms in total. The zero-order valence-electron chi connectivity index (χ0n) is 11.7. The second-order valence-electron chi connectivity index (χ2n) is 4.46. The average Bonchev–Trinajstić information content (AvgIpc) is 2.36. The Morgan fingerprint density at radius 2 is 2.10 bits per heavy atom. The highest BCUT2D eigenvalue weighted by molar-refractivity contribution is 5.89. The Hall–Kier alpha value is -1.96. The Labute approximate surface area is 120 Å². The monoisotopic (exact) mass is 306 g/mol. The third-order valence-corrected chi connectivity index (χ3v) is 2.60. The molecule has 0 saturated carbocycles. The number of halogens is 3. The Balaban J connectivity index is 2.67. The molecule has 1 aromatic rings. The molecule has 0 spiro atoms. The summed E-state index contributed by atoms with van der Waals surface area (Å²) < 4.78 is 40.9. The summed E-state index contributed by atoms with van der Waals surface area (Å²) in [4.78, 5) is 13.0. The molecule has 1 aromatic carbocycles. The van der Waals surface area contributed by atoms with Crippen molar-refractivity contribution < 1.29 is 27.8 Å². The number of aliphatic hydroxyl groups excluding tert-OH is 1. The van der Waals surface area contributed by atoms with Crippen LogP contribution in [0.2, 0.25) is 0 Å². The quantitative estimate of drug-likeness (QED) is 0.878.